The molecular formula is C18H34N4O3S. The molecule has 8 heteroatoms. The molecule has 0 aromatic carbocycles. The molecule has 1 aliphatic carbocycles. The van der Waals surface area contributed by atoms with E-state index in [0.29, 0.717) is 44.5 Å². The molecule has 1 saturated heterocycles. The third-order valence-electron chi connectivity index (χ3n) is 5.48. The Labute approximate surface area is 157 Å². The van der Waals surface area contributed by atoms with Crippen LogP contribution in [0, 0.1) is 5.92 Å². The van der Waals surface area contributed by atoms with Gasteiger partial charge in [-0.3, -0.25) is 9.79 Å². The maximum atomic E-state index is 12.1. The molecule has 7 nitrogen and oxygen atoms in total. The largest absolute Gasteiger partial charge is 0.354 e. The minimum absolute atomic E-state index is 0.124. The molecule has 0 aromatic heterocycles. The lowest BCUT2D eigenvalue weighted by Gasteiger charge is -2.39. The van der Waals surface area contributed by atoms with Gasteiger partial charge in [0.05, 0.1) is 10.5 Å². The van der Waals surface area contributed by atoms with Crippen LogP contribution >= 0.6 is 0 Å². The van der Waals surface area contributed by atoms with Crippen molar-refractivity contribution in [1.29, 1.82) is 0 Å². The molecule has 0 aromatic rings. The van der Waals surface area contributed by atoms with E-state index in [0.717, 1.165) is 0 Å². The average molecular weight is 387 g/mol. The smallest absolute Gasteiger partial charge is 0.220 e. The summed E-state index contributed by atoms with van der Waals surface area (Å²) in [6.45, 7) is 5.50. The van der Waals surface area contributed by atoms with Crippen molar-refractivity contribution in [1.82, 2.24) is 15.5 Å². The van der Waals surface area contributed by atoms with Gasteiger partial charge in [-0.15, -0.1) is 0 Å². The maximum Gasteiger partial charge on any atom is 0.220 e. The zero-order valence-corrected chi connectivity index (χ0v) is 17.2. The summed E-state index contributed by atoms with van der Waals surface area (Å²) in [5, 5.41) is 6.20. The lowest BCUT2D eigenvalue weighted by Crippen LogP contribution is -2.57. The van der Waals surface area contributed by atoms with Crippen LogP contribution in [0.15, 0.2) is 4.99 Å². The second-order valence-corrected chi connectivity index (χ2v) is 10.8. The highest BCUT2D eigenvalue weighted by molar-refractivity contribution is 7.92. The first-order valence-corrected chi connectivity index (χ1v) is 11.3. The van der Waals surface area contributed by atoms with Crippen LogP contribution in [-0.2, 0) is 14.6 Å². The number of sulfone groups is 1. The van der Waals surface area contributed by atoms with E-state index in [-0.39, 0.29) is 11.7 Å². The van der Waals surface area contributed by atoms with Crippen molar-refractivity contribution in [2.75, 3.05) is 39.0 Å². The van der Waals surface area contributed by atoms with Crippen LogP contribution in [0.2, 0.25) is 0 Å². The van der Waals surface area contributed by atoms with Crippen molar-refractivity contribution in [2.24, 2.45) is 10.9 Å². The van der Waals surface area contributed by atoms with Gasteiger partial charge in [0.2, 0.25) is 5.91 Å². The highest BCUT2D eigenvalue weighted by Crippen LogP contribution is 2.26. The van der Waals surface area contributed by atoms with Gasteiger partial charge in [-0.05, 0) is 32.6 Å². The third-order valence-corrected chi connectivity index (χ3v) is 8.02. The highest BCUT2D eigenvalue weighted by Gasteiger charge is 2.40. The number of rotatable bonds is 5. The Balaban J connectivity index is 1.71. The number of amides is 1. The molecule has 2 fully saturated rings. The molecule has 0 bridgehead atoms. The van der Waals surface area contributed by atoms with Crippen molar-refractivity contribution >= 4 is 21.7 Å². The van der Waals surface area contributed by atoms with Gasteiger partial charge in [-0.25, -0.2) is 8.42 Å². The average Bonchev–Trinajstić information content (AvgIpc) is 2.58. The van der Waals surface area contributed by atoms with E-state index < -0.39 is 14.6 Å². The second kappa shape index (κ2) is 9.06. The van der Waals surface area contributed by atoms with Crippen molar-refractivity contribution in [2.45, 2.75) is 57.1 Å². The van der Waals surface area contributed by atoms with Crippen LogP contribution in [0.3, 0.4) is 0 Å². The first-order chi connectivity index (χ1) is 12.2. The number of hydrogen-bond donors (Lipinski definition) is 2. The number of nitrogens with zero attached hydrogens (tertiary/aromatic N) is 2. The van der Waals surface area contributed by atoms with E-state index >= 15 is 0 Å². The highest BCUT2D eigenvalue weighted by atomic mass is 32.2. The van der Waals surface area contributed by atoms with E-state index in [1.54, 1.807) is 20.9 Å². The van der Waals surface area contributed by atoms with Gasteiger partial charge in [-0.2, -0.15) is 0 Å². The number of aliphatic imine (C=N–C) groups is 1. The fraction of sp³-hybridized carbons (Fsp3) is 0.889. The Hall–Kier alpha value is -1.31. The minimum Gasteiger partial charge on any atom is -0.354 e. The van der Waals surface area contributed by atoms with Crippen molar-refractivity contribution in [3.63, 3.8) is 0 Å². The van der Waals surface area contributed by atoms with Crippen molar-refractivity contribution in [3.05, 3.63) is 0 Å². The summed E-state index contributed by atoms with van der Waals surface area (Å²) in [4.78, 5) is 18.3. The molecule has 1 heterocycles. The molecule has 0 spiro atoms. The van der Waals surface area contributed by atoms with Crippen LogP contribution in [0.25, 0.3) is 0 Å². The van der Waals surface area contributed by atoms with E-state index in [2.05, 4.69) is 15.6 Å². The molecule has 0 atom stereocenters. The van der Waals surface area contributed by atoms with Gasteiger partial charge in [0.15, 0.2) is 15.8 Å². The van der Waals surface area contributed by atoms with Gasteiger partial charge in [-0.1, -0.05) is 19.3 Å². The molecule has 0 radical (unpaired) electrons. The summed E-state index contributed by atoms with van der Waals surface area (Å²) in [5.41, 5.74) is 0. The lowest BCUT2D eigenvalue weighted by molar-refractivity contribution is -0.122. The van der Waals surface area contributed by atoms with Gasteiger partial charge in [0.1, 0.15) is 0 Å². The molecule has 2 N–H and O–H groups in total. The summed E-state index contributed by atoms with van der Waals surface area (Å²) in [6.07, 6.45) is 6.77. The standard InChI is InChI=1S/C18H34N4O3S/c1-18(2)14-22(11-12-26(18,24)25)17(19-3)21-10-9-20-16(23)13-15-7-5-4-6-8-15/h15H,4-14H2,1-3H3,(H,19,21)(H,20,23). The third kappa shape index (κ3) is 5.59. The fourth-order valence-electron chi connectivity index (χ4n) is 3.76. The number of carbonyl (C=O) groups excluding carboxylic acids is 1. The predicted octanol–water partition coefficient (Wildman–Crippen LogP) is 1.16. The summed E-state index contributed by atoms with van der Waals surface area (Å²) < 4.78 is 23.5. The lowest BCUT2D eigenvalue weighted by atomic mass is 9.87. The maximum absolute atomic E-state index is 12.1. The number of hydrogen-bond acceptors (Lipinski definition) is 4. The first kappa shape index (κ1) is 21.0. The van der Waals surface area contributed by atoms with Crippen molar-refractivity contribution < 1.29 is 13.2 Å². The van der Waals surface area contributed by atoms with Gasteiger partial charge in [0.25, 0.3) is 0 Å². The molecule has 2 aliphatic rings. The Morgan fingerprint density at radius 2 is 1.81 bits per heavy atom. The summed E-state index contributed by atoms with van der Waals surface area (Å²) in [6, 6.07) is 0. The Bertz CT molecular complexity index is 610. The summed E-state index contributed by atoms with van der Waals surface area (Å²) in [7, 11) is -1.37. The van der Waals surface area contributed by atoms with Crippen LogP contribution in [0.4, 0.5) is 0 Å². The zero-order valence-electron chi connectivity index (χ0n) is 16.4. The molecule has 1 saturated carbocycles. The molecular weight excluding hydrogens is 352 g/mol. The molecule has 0 unspecified atom stereocenters. The molecule has 150 valence electrons. The van der Waals surface area contributed by atoms with Crippen molar-refractivity contribution in [3.8, 4) is 0 Å². The number of nitrogens with one attached hydrogen (secondary N) is 2. The number of guanidine groups is 1. The topological polar surface area (TPSA) is 90.9 Å². The predicted molar refractivity (Wildman–Crippen MR) is 105 cm³/mol. The molecule has 1 amide bonds. The van der Waals surface area contributed by atoms with Crippen LogP contribution in [0.5, 0.6) is 0 Å². The van der Waals surface area contributed by atoms with Gasteiger partial charge in [0, 0.05) is 39.6 Å². The van der Waals surface area contributed by atoms with E-state index in [1.807, 2.05) is 4.90 Å². The minimum atomic E-state index is -3.07. The normalized spacial score (nSPS) is 23.5. The van der Waals surface area contributed by atoms with Crippen LogP contribution in [-0.4, -0.2) is 68.9 Å². The molecule has 1 aliphatic heterocycles. The fourth-order valence-corrected chi connectivity index (χ4v) is 5.12. The van der Waals surface area contributed by atoms with Gasteiger partial charge < -0.3 is 15.5 Å². The van der Waals surface area contributed by atoms with E-state index in [9.17, 15) is 13.2 Å². The van der Waals surface area contributed by atoms with Gasteiger partial charge >= 0.3 is 0 Å². The van der Waals surface area contributed by atoms with E-state index in [1.165, 1.54) is 32.1 Å². The summed E-state index contributed by atoms with van der Waals surface area (Å²) in [5.74, 6) is 1.49. The number of carbonyl (C=O) groups is 1. The quantitative estimate of drug-likeness (QED) is 0.420. The Kier molecular flexibility index (Phi) is 7.32. The SMILES string of the molecule is CN=C(NCCNC(=O)CC1CCCCC1)N1CCS(=O)(=O)C(C)(C)C1. The molecule has 2 rings (SSSR count). The second-order valence-electron chi connectivity index (χ2n) is 8.03. The zero-order chi connectivity index (χ0) is 19.2. The van der Waals surface area contributed by atoms with E-state index in [4.69, 9.17) is 0 Å². The van der Waals surface area contributed by atoms with Crippen LogP contribution in [0.1, 0.15) is 52.4 Å². The van der Waals surface area contributed by atoms with Crippen LogP contribution < -0.4 is 10.6 Å². The monoisotopic (exact) mass is 386 g/mol. The molecule has 26 heavy (non-hydrogen) atoms. The summed E-state index contributed by atoms with van der Waals surface area (Å²) >= 11 is 0. The Morgan fingerprint density at radius 1 is 1.15 bits per heavy atom. The Morgan fingerprint density at radius 3 is 2.42 bits per heavy atom. The first-order valence-electron chi connectivity index (χ1n) is 9.70.